The number of rotatable bonds is 3. The summed E-state index contributed by atoms with van der Waals surface area (Å²) in [6, 6.07) is 0. The number of carbonyl (C=O) groups excluding carboxylic acids is 2. The monoisotopic (exact) mass is 363 g/mol. The van der Waals surface area contributed by atoms with E-state index in [0.717, 1.165) is 24.8 Å². The molecule has 0 radical (unpaired) electrons. The molecule has 1 aliphatic carbocycles. The number of hydrogen-bond acceptors (Lipinski definition) is 5. The number of anilines is 1. The summed E-state index contributed by atoms with van der Waals surface area (Å²) < 4.78 is 0. The molecule has 0 aliphatic heterocycles. The Bertz CT molecular complexity index is 792. The molecular weight excluding hydrogens is 342 g/mol. The van der Waals surface area contributed by atoms with Gasteiger partial charge in [0, 0.05) is 24.4 Å². The summed E-state index contributed by atoms with van der Waals surface area (Å²) in [5, 5.41) is 5.29. The number of nitrogens with one attached hydrogen (secondary N) is 1. The van der Waals surface area contributed by atoms with Crippen molar-refractivity contribution >= 4 is 39.6 Å². The van der Waals surface area contributed by atoms with E-state index in [4.69, 9.17) is 0 Å². The average molecular weight is 364 g/mol. The molecule has 2 aromatic heterocycles. The van der Waals surface area contributed by atoms with Crippen molar-refractivity contribution in [3.8, 4) is 0 Å². The van der Waals surface area contributed by atoms with Gasteiger partial charge in [0.2, 0.25) is 0 Å². The van der Waals surface area contributed by atoms with E-state index < -0.39 is 0 Å². The second-order valence-electron chi connectivity index (χ2n) is 6.49. The molecule has 2 aromatic rings. The molecule has 2 heterocycles. The first-order valence-corrected chi connectivity index (χ1v) is 9.66. The smallest absolute Gasteiger partial charge is 0.265 e. The van der Waals surface area contributed by atoms with Gasteiger partial charge >= 0.3 is 0 Å². The molecule has 3 rings (SSSR count). The van der Waals surface area contributed by atoms with Crippen LogP contribution in [0.5, 0.6) is 0 Å². The molecule has 0 unspecified atom stereocenters. The molecule has 5 nitrogen and oxygen atoms in total. The second kappa shape index (κ2) is 6.64. The maximum Gasteiger partial charge on any atom is 0.265 e. The van der Waals surface area contributed by atoms with Gasteiger partial charge in [-0.25, -0.2) is 4.98 Å². The minimum atomic E-state index is -0.125. The van der Waals surface area contributed by atoms with Crippen LogP contribution in [0.1, 0.15) is 49.5 Å². The van der Waals surface area contributed by atoms with Crippen molar-refractivity contribution in [2.75, 3.05) is 19.4 Å². The third-order valence-corrected chi connectivity index (χ3v) is 6.38. The molecule has 2 amide bonds. The first-order chi connectivity index (χ1) is 11.4. The number of fused-ring (bicyclic) bond motifs is 1. The fourth-order valence-electron chi connectivity index (χ4n) is 2.88. The Morgan fingerprint density at radius 1 is 1.38 bits per heavy atom. The highest BCUT2D eigenvalue weighted by Gasteiger charge is 2.24. The van der Waals surface area contributed by atoms with Gasteiger partial charge in [-0.15, -0.1) is 11.3 Å². The normalized spacial score (nSPS) is 16.6. The lowest BCUT2D eigenvalue weighted by Crippen LogP contribution is -2.21. The van der Waals surface area contributed by atoms with Crippen LogP contribution in [-0.4, -0.2) is 35.8 Å². The van der Waals surface area contributed by atoms with E-state index in [1.165, 1.54) is 26.7 Å². The maximum absolute atomic E-state index is 12.6. The number of thiophene rings is 1. The molecule has 0 saturated heterocycles. The summed E-state index contributed by atoms with van der Waals surface area (Å²) in [7, 11) is 3.41. The Balaban J connectivity index is 1.79. The topological polar surface area (TPSA) is 62.3 Å². The molecule has 0 saturated carbocycles. The first-order valence-electron chi connectivity index (χ1n) is 7.96. The Morgan fingerprint density at radius 2 is 2.12 bits per heavy atom. The summed E-state index contributed by atoms with van der Waals surface area (Å²) >= 11 is 2.90. The van der Waals surface area contributed by atoms with Crippen molar-refractivity contribution < 1.29 is 9.59 Å². The third-order valence-electron chi connectivity index (χ3n) is 4.26. The van der Waals surface area contributed by atoms with Crippen LogP contribution in [0.3, 0.4) is 0 Å². The summed E-state index contributed by atoms with van der Waals surface area (Å²) in [5.74, 6) is 0.473. The molecule has 128 valence electrons. The molecule has 1 N–H and O–H groups in total. The van der Waals surface area contributed by atoms with Crippen molar-refractivity contribution in [3.05, 3.63) is 32.0 Å². The van der Waals surface area contributed by atoms with E-state index in [2.05, 4.69) is 17.2 Å². The maximum atomic E-state index is 12.6. The highest BCUT2D eigenvalue weighted by molar-refractivity contribution is 7.17. The zero-order valence-corrected chi connectivity index (χ0v) is 15.9. The van der Waals surface area contributed by atoms with Gasteiger partial charge in [0.1, 0.15) is 4.88 Å². The largest absolute Gasteiger partial charge is 0.344 e. The van der Waals surface area contributed by atoms with Gasteiger partial charge in [-0.05, 0) is 37.7 Å². The fourth-order valence-corrected chi connectivity index (χ4v) is 5.11. The Kier molecular flexibility index (Phi) is 4.73. The molecule has 7 heteroatoms. The predicted molar refractivity (Wildman–Crippen MR) is 98.3 cm³/mol. The van der Waals surface area contributed by atoms with Gasteiger partial charge in [0.15, 0.2) is 5.13 Å². The molecule has 1 aliphatic rings. The molecule has 0 spiro atoms. The zero-order chi connectivity index (χ0) is 17.4. The number of nitrogens with zero attached hydrogens (tertiary/aromatic N) is 2. The van der Waals surface area contributed by atoms with Crippen molar-refractivity contribution in [3.63, 3.8) is 0 Å². The molecule has 1 atom stereocenters. The van der Waals surface area contributed by atoms with Gasteiger partial charge in [0.05, 0.1) is 11.3 Å². The van der Waals surface area contributed by atoms with E-state index in [1.807, 2.05) is 5.38 Å². The molecule has 0 fully saturated rings. The lowest BCUT2D eigenvalue weighted by atomic mass is 9.88. The Labute approximate surface area is 149 Å². The summed E-state index contributed by atoms with van der Waals surface area (Å²) in [6.45, 7) is 4.04. The standard InChI is InChI=1S/C17H21N3O2S2/c1-9-5-6-11-12(8-23-13(11)7-9)15(21)19-17-18-10(2)14(24-17)16(22)20(3)4/h8-9H,5-7H2,1-4H3,(H,18,19,21)/t9-/m1/s1. The highest BCUT2D eigenvalue weighted by Crippen LogP contribution is 2.33. The lowest BCUT2D eigenvalue weighted by molar-refractivity contribution is 0.0831. The first kappa shape index (κ1) is 17.1. The Hall–Kier alpha value is -1.73. The number of aryl methyl sites for hydroxylation is 1. The number of amides is 2. The number of carbonyl (C=O) groups is 2. The third kappa shape index (κ3) is 3.23. The SMILES string of the molecule is Cc1nc(NC(=O)c2csc3c2CC[C@@H](C)C3)sc1C(=O)N(C)C. The van der Waals surface area contributed by atoms with Crippen LogP contribution in [0.25, 0.3) is 0 Å². The molecular formula is C17H21N3O2S2. The minimum Gasteiger partial charge on any atom is -0.344 e. The summed E-state index contributed by atoms with van der Waals surface area (Å²) in [6.07, 6.45) is 3.15. The van der Waals surface area contributed by atoms with Crippen LogP contribution in [0.2, 0.25) is 0 Å². The average Bonchev–Trinajstić information content (AvgIpc) is 3.09. The second-order valence-corrected chi connectivity index (χ2v) is 8.45. The van der Waals surface area contributed by atoms with Gasteiger partial charge in [-0.2, -0.15) is 0 Å². The quantitative estimate of drug-likeness (QED) is 0.906. The molecule has 0 aromatic carbocycles. The van der Waals surface area contributed by atoms with Crippen LogP contribution in [-0.2, 0) is 12.8 Å². The van der Waals surface area contributed by atoms with Crippen molar-refractivity contribution in [1.29, 1.82) is 0 Å². The number of hydrogen-bond donors (Lipinski definition) is 1. The molecule has 0 bridgehead atoms. The highest BCUT2D eigenvalue weighted by atomic mass is 32.1. The van der Waals surface area contributed by atoms with Crippen LogP contribution >= 0.6 is 22.7 Å². The number of aromatic nitrogens is 1. The van der Waals surface area contributed by atoms with E-state index >= 15 is 0 Å². The van der Waals surface area contributed by atoms with Crippen molar-refractivity contribution in [1.82, 2.24) is 9.88 Å². The Morgan fingerprint density at radius 3 is 2.83 bits per heavy atom. The zero-order valence-electron chi connectivity index (χ0n) is 14.3. The van der Waals surface area contributed by atoms with E-state index in [1.54, 1.807) is 32.4 Å². The van der Waals surface area contributed by atoms with Crippen LogP contribution < -0.4 is 5.32 Å². The van der Waals surface area contributed by atoms with Gasteiger partial charge in [0.25, 0.3) is 11.8 Å². The van der Waals surface area contributed by atoms with Crippen molar-refractivity contribution in [2.24, 2.45) is 5.92 Å². The van der Waals surface area contributed by atoms with Gasteiger partial charge in [-0.1, -0.05) is 18.3 Å². The van der Waals surface area contributed by atoms with Crippen molar-refractivity contribution in [2.45, 2.75) is 33.1 Å². The van der Waals surface area contributed by atoms with Gasteiger partial charge in [-0.3, -0.25) is 14.9 Å². The van der Waals surface area contributed by atoms with Crippen LogP contribution in [0.4, 0.5) is 5.13 Å². The minimum absolute atomic E-state index is 0.0904. The van der Waals surface area contributed by atoms with Crippen LogP contribution in [0.15, 0.2) is 5.38 Å². The number of thiazole rings is 1. The summed E-state index contributed by atoms with van der Waals surface area (Å²) in [5.41, 5.74) is 2.60. The predicted octanol–water partition coefficient (Wildman–Crippen LogP) is 3.59. The van der Waals surface area contributed by atoms with E-state index in [0.29, 0.717) is 21.6 Å². The summed E-state index contributed by atoms with van der Waals surface area (Å²) in [4.78, 5) is 32.5. The van der Waals surface area contributed by atoms with Gasteiger partial charge < -0.3 is 4.90 Å². The molecule has 24 heavy (non-hydrogen) atoms. The van der Waals surface area contributed by atoms with E-state index in [9.17, 15) is 9.59 Å². The van der Waals surface area contributed by atoms with E-state index in [-0.39, 0.29) is 11.8 Å². The lowest BCUT2D eigenvalue weighted by Gasteiger charge is -2.18. The fraction of sp³-hybridized carbons (Fsp3) is 0.471. The van der Waals surface area contributed by atoms with Crippen LogP contribution in [0, 0.1) is 12.8 Å².